The maximum Gasteiger partial charge on any atom is 0.113 e. The topological polar surface area (TPSA) is 12.9 Å². The molecule has 72 valence electrons. The van der Waals surface area contributed by atoms with Gasteiger partial charge >= 0.3 is 0 Å². The molecule has 1 aromatic rings. The molecule has 14 heavy (non-hydrogen) atoms. The number of nitrogens with zero attached hydrogens (tertiary/aromatic N) is 1. The van der Waals surface area contributed by atoms with Crippen molar-refractivity contribution in [2.75, 3.05) is 0 Å². The van der Waals surface area contributed by atoms with Crippen molar-refractivity contribution >= 4 is 0 Å². The van der Waals surface area contributed by atoms with E-state index in [2.05, 4.69) is 16.8 Å². The molecule has 1 aliphatic carbocycles. The molecule has 0 amide bonds. The monoisotopic (exact) mass is 185 g/mol. The average molecular weight is 185 g/mol. The van der Waals surface area contributed by atoms with Crippen LogP contribution in [0.5, 0.6) is 0 Å². The van der Waals surface area contributed by atoms with E-state index in [0.717, 1.165) is 11.4 Å². The lowest BCUT2D eigenvalue weighted by molar-refractivity contribution is 0.712. The zero-order valence-electron chi connectivity index (χ0n) is 8.59. The third-order valence-corrected chi connectivity index (χ3v) is 2.65. The van der Waals surface area contributed by atoms with Crippen LogP contribution in [0.15, 0.2) is 18.2 Å². The number of rotatable bonds is 0. The second-order valence-electron chi connectivity index (χ2n) is 3.91. The fraction of sp³-hybridized carbons (Fsp3) is 0.462. The summed E-state index contributed by atoms with van der Waals surface area (Å²) in [5.74, 6) is 7.10. The highest BCUT2D eigenvalue weighted by Gasteiger charge is 2.11. The smallest absolute Gasteiger partial charge is 0.113 e. The summed E-state index contributed by atoms with van der Waals surface area (Å²) in [6.07, 6.45) is 5.25. The number of pyridine rings is 1. The van der Waals surface area contributed by atoms with E-state index in [9.17, 15) is 0 Å². The van der Waals surface area contributed by atoms with Crippen molar-refractivity contribution in [1.82, 2.24) is 4.98 Å². The van der Waals surface area contributed by atoms with E-state index in [1.807, 2.05) is 25.1 Å². The molecule has 2 rings (SSSR count). The van der Waals surface area contributed by atoms with Gasteiger partial charge in [-0.25, -0.2) is 4.98 Å². The predicted octanol–water partition coefficient (Wildman–Crippen LogP) is 2.93. The van der Waals surface area contributed by atoms with Crippen LogP contribution in [0.25, 0.3) is 0 Å². The largest absolute Gasteiger partial charge is 0.245 e. The molecule has 1 nitrogen and oxygen atoms in total. The Morgan fingerprint density at radius 1 is 1.29 bits per heavy atom. The van der Waals surface area contributed by atoms with Gasteiger partial charge in [-0.2, -0.15) is 0 Å². The highest BCUT2D eigenvalue weighted by atomic mass is 14.7. The van der Waals surface area contributed by atoms with Gasteiger partial charge in [0.1, 0.15) is 5.69 Å². The van der Waals surface area contributed by atoms with Gasteiger partial charge in [-0.15, -0.1) is 0 Å². The molecule has 0 aliphatic heterocycles. The molecule has 0 aromatic carbocycles. The maximum atomic E-state index is 4.36. The average Bonchev–Trinajstić information content (AvgIpc) is 2.67. The normalized spacial score (nSPS) is 16.4. The van der Waals surface area contributed by atoms with Gasteiger partial charge in [0.2, 0.25) is 0 Å². The van der Waals surface area contributed by atoms with Gasteiger partial charge in [0.25, 0.3) is 0 Å². The van der Waals surface area contributed by atoms with Crippen LogP contribution in [-0.2, 0) is 0 Å². The molecule has 1 fully saturated rings. The number of aromatic nitrogens is 1. The Hall–Kier alpha value is -1.29. The van der Waals surface area contributed by atoms with Gasteiger partial charge in [-0.1, -0.05) is 24.8 Å². The van der Waals surface area contributed by atoms with Crippen LogP contribution in [0.1, 0.15) is 37.1 Å². The summed E-state index contributed by atoms with van der Waals surface area (Å²) in [5, 5.41) is 0. The molecule has 0 atom stereocenters. The van der Waals surface area contributed by atoms with E-state index >= 15 is 0 Å². The molecule has 0 N–H and O–H groups in total. The molecule has 0 bridgehead atoms. The molecule has 1 heterocycles. The van der Waals surface area contributed by atoms with E-state index in [-0.39, 0.29) is 0 Å². The fourth-order valence-corrected chi connectivity index (χ4v) is 1.86. The van der Waals surface area contributed by atoms with Crippen molar-refractivity contribution in [2.45, 2.75) is 32.6 Å². The Morgan fingerprint density at radius 2 is 2.07 bits per heavy atom. The molecular weight excluding hydrogens is 170 g/mol. The third kappa shape index (κ3) is 2.35. The Morgan fingerprint density at radius 3 is 2.79 bits per heavy atom. The number of hydrogen-bond donors (Lipinski definition) is 0. The molecule has 0 radical (unpaired) electrons. The van der Waals surface area contributed by atoms with Gasteiger partial charge in [0.05, 0.1) is 0 Å². The van der Waals surface area contributed by atoms with E-state index in [0.29, 0.717) is 5.92 Å². The van der Waals surface area contributed by atoms with Crippen molar-refractivity contribution in [1.29, 1.82) is 0 Å². The summed E-state index contributed by atoms with van der Waals surface area (Å²) in [7, 11) is 0. The molecular formula is C13H15N. The molecule has 0 saturated heterocycles. The Kier molecular flexibility index (Phi) is 2.84. The summed E-state index contributed by atoms with van der Waals surface area (Å²) >= 11 is 0. The predicted molar refractivity (Wildman–Crippen MR) is 57.8 cm³/mol. The van der Waals surface area contributed by atoms with E-state index in [4.69, 9.17) is 0 Å². The zero-order valence-corrected chi connectivity index (χ0v) is 8.59. The highest BCUT2D eigenvalue weighted by molar-refractivity contribution is 5.29. The third-order valence-electron chi connectivity index (χ3n) is 2.65. The highest BCUT2D eigenvalue weighted by Crippen LogP contribution is 2.23. The first-order valence-electron chi connectivity index (χ1n) is 5.30. The molecule has 0 unspecified atom stereocenters. The molecule has 1 aliphatic rings. The Bertz CT molecular complexity index is 364. The molecule has 1 aromatic heterocycles. The molecule has 1 saturated carbocycles. The lowest BCUT2D eigenvalue weighted by Gasteiger charge is -1.96. The Balaban J connectivity index is 2.08. The van der Waals surface area contributed by atoms with Crippen LogP contribution in [0.4, 0.5) is 0 Å². The summed E-state index contributed by atoms with van der Waals surface area (Å²) in [4.78, 5) is 4.36. The van der Waals surface area contributed by atoms with Gasteiger partial charge in [-0.3, -0.25) is 0 Å². The first-order valence-corrected chi connectivity index (χ1v) is 5.30. The van der Waals surface area contributed by atoms with Gasteiger partial charge in [0, 0.05) is 11.6 Å². The van der Waals surface area contributed by atoms with Crippen LogP contribution in [-0.4, -0.2) is 4.98 Å². The Labute approximate surface area is 85.6 Å². The van der Waals surface area contributed by atoms with Crippen molar-refractivity contribution in [3.8, 4) is 11.8 Å². The van der Waals surface area contributed by atoms with E-state index in [1.165, 1.54) is 25.7 Å². The van der Waals surface area contributed by atoms with E-state index < -0.39 is 0 Å². The van der Waals surface area contributed by atoms with Crippen molar-refractivity contribution < 1.29 is 0 Å². The van der Waals surface area contributed by atoms with Gasteiger partial charge in [0.15, 0.2) is 0 Å². The minimum absolute atomic E-state index is 0.623. The second-order valence-corrected chi connectivity index (χ2v) is 3.91. The lowest BCUT2D eigenvalue weighted by Crippen LogP contribution is -1.89. The molecule has 1 heteroatoms. The van der Waals surface area contributed by atoms with Crippen molar-refractivity contribution in [3.05, 3.63) is 29.6 Å². The van der Waals surface area contributed by atoms with Gasteiger partial charge in [-0.05, 0) is 37.8 Å². The number of aryl methyl sites for hydroxylation is 1. The van der Waals surface area contributed by atoms with Crippen LogP contribution < -0.4 is 0 Å². The van der Waals surface area contributed by atoms with Crippen LogP contribution in [0.3, 0.4) is 0 Å². The summed E-state index contributed by atoms with van der Waals surface area (Å²) in [5.41, 5.74) is 1.96. The summed E-state index contributed by atoms with van der Waals surface area (Å²) < 4.78 is 0. The van der Waals surface area contributed by atoms with Crippen molar-refractivity contribution in [3.63, 3.8) is 0 Å². The quantitative estimate of drug-likeness (QED) is 0.566. The fourth-order valence-electron chi connectivity index (χ4n) is 1.86. The maximum absolute atomic E-state index is 4.36. The van der Waals surface area contributed by atoms with Gasteiger partial charge < -0.3 is 0 Å². The summed E-state index contributed by atoms with van der Waals surface area (Å²) in [6.45, 7) is 2.00. The summed E-state index contributed by atoms with van der Waals surface area (Å²) in [6, 6.07) is 6.00. The lowest BCUT2D eigenvalue weighted by atomic mass is 10.1. The standard InChI is InChI=1S/C13H15N/c1-11-5-4-8-13(14-11)10-9-12-6-2-3-7-12/h4-5,8,12H,2-3,6-7H2,1H3. The minimum Gasteiger partial charge on any atom is -0.245 e. The first-order chi connectivity index (χ1) is 6.84. The van der Waals surface area contributed by atoms with Crippen LogP contribution in [0.2, 0.25) is 0 Å². The number of hydrogen-bond acceptors (Lipinski definition) is 1. The SMILES string of the molecule is Cc1cccc(C#CC2CCCC2)n1. The minimum atomic E-state index is 0.623. The van der Waals surface area contributed by atoms with Crippen molar-refractivity contribution in [2.24, 2.45) is 5.92 Å². The molecule has 0 spiro atoms. The van der Waals surface area contributed by atoms with Crippen LogP contribution in [0, 0.1) is 24.7 Å². The van der Waals surface area contributed by atoms with E-state index in [1.54, 1.807) is 0 Å². The van der Waals surface area contributed by atoms with Crippen LogP contribution >= 0.6 is 0 Å². The second kappa shape index (κ2) is 4.28. The first kappa shape index (κ1) is 9.27. The zero-order chi connectivity index (χ0) is 9.80.